The van der Waals surface area contributed by atoms with Crippen LogP contribution in [-0.2, 0) is 0 Å². The second kappa shape index (κ2) is 8.97. The smallest absolute Gasteiger partial charge is 0.00925 e. The molecule has 1 N–H and O–H groups in total. The minimum Gasteiger partial charge on any atom is -0.317 e. The average molecular weight is 239 g/mol. The summed E-state index contributed by atoms with van der Waals surface area (Å²) in [5, 5.41) is 3.54. The molecule has 1 rings (SSSR count). The van der Waals surface area contributed by atoms with Crippen molar-refractivity contribution in [3.8, 4) is 0 Å². The minimum atomic E-state index is 0.807. The lowest BCUT2D eigenvalue weighted by molar-refractivity contribution is 0.206. The van der Waals surface area contributed by atoms with Crippen molar-refractivity contribution in [2.75, 3.05) is 7.05 Å². The van der Waals surface area contributed by atoms with E-state index in [1.807, 2.05) is 0 Å². The number of hydrogen-bond acceptors (Lipinski definition) is 1. The van der Waals surface area contributed by atoms with Gasteiger partial charge in [-0.1, -0.05) is 52.4 Å². The van der Waals surface area contributed by atoms with Gasteiger partial charge in [0, 0.05) is 6.04 Å². The molecule has 17 heavy (non-hydrogen) atoms. The summed E-state index contributed by atoms with van der Waals surface area (Å²) in [6.45, 7) is 4.72. The fourth-order valence-electron chi connectivity index (χ4n) is 3.38. The first-order valence-corrected chi connectivity index (χ1v) is 7.95. The molecule has 0 radical (unpaired) electrons. The van der Waals surface area contributed by atoms with Gasteiger partial charge in [-0.15, -0.1) is 0 Å². The largest absolute Gasteiger partial charge is 0.317 e. The molecule has 0 aromatic rings. The molecular formula is C16H33N. The van der Waals surface area contributed by atoms with Gasteiger partial charge < -0.3 is 5.32 Å². The molecule has 1 fully saturated rings. The predicted octanol–water partition coefficient (Wildman–Crippen LogP) is 4.76. The number of unbranched alkanes of at least 4 members (excludes halogenated alkanes) is 5. The van der Waals surface area contributed by atoms with Crippen LogP contribution in [0.1, 0.15) is 78.1 Å². The van der Waals surface area contributed by atoms with E-state index >= 15 is 0 Å². The van der Waals surface area contributed by atoms with Crippen LogP contribution < -0.4 is 5.32 Å². The van der Waals surface area contributed by atoms with Crippen molar-refractivity contribution in [3.05, 3.63) is 0 Å². The Morgan fingerprint density at radius 3 is 2.41 bits per heavy atom. The molecule has 102 valence electrons. The predicted molar refractivity (Wildman–Crippen MR) is 77.3 cm³/mol. The summed E-state index contributed by atoms with van der Waals surface area (Å²) in [5.74, 6) is 1.92. The second-order valence-electron chi connectivity index (χ2n) is 6.13. The van der Waals surface area contributed by atoms with Gasteiger partial charge in [-0.2, -0.15) is 0 Å². The lowest BCUT2D eigenvalue weighted by Gasteiger charge is -2.35. The molecule has 0 aromatic heterocycles. The Labute approximate surface area is 109 Å². The highest BCUT2D eigenvalue weighted by Crippen LogP contribution is 2.32. The Hall–Kier alpha value is -0.0400. The van der Waals surface area contributed by atoms with E-state index in [2.05, 4.69) is 26.2 Å². The monoisotopic (exact) mass is 239 g/mol. The molecule has 3 unspecified atom stereocenters. The van der Waals surface area contributed by atoms with Gasteiger partial charge in [-0.05, 0) is 44.6 Å². The molecule has 1 nitrogen and oxygen atoms in total. The van der Waals surface area contributed by atoms with Crippen LogP contribution in [0.15, 0.2) is 0 Å². The Morgan fingerprint density at radius 1 is 1.00 bits per heavy atom. The van der Waals surface area contributed by atoms with E-state index in [0.29, 0.717) is 0 Å². The maximum absolute atomic E-state index is 3.54. The standard InChI is InChI=1S/C16H33N/c1-4-5-6-7-8-9-10-15-13-14(2)11-12-16(15)17-3/h14-17H,4-13H2,1-3H3. The fraction of sp³-hybridized carbons (Fsp3) is 1.00. The second-order valence-corrected chi connectivity index (χ2v) is 6.13. The summed E-state index contributed by atoms with van der Waals surface area (Å²) in [7, 11) is 2.15. The number of nitrogens with one attached hydrogen (secondary N) is 1. The summed E-state index contributed by atoms with van der Waals surface area (Å²) < 4.78 is 0. The van der Waals surface area contributed by atoms with Crippen molar-refractivity contribution < 1.29 is 0 Å². The summed E-state index contributed by atoms with van der Waals surface area (Å²) >= 11 is 0. The van der Waals surface area contributed by atoms with Crippen LogP contribution in [0.3, 0.4) is 0 Å². The molecule has 1 heteroatoms. The van der Waals surface area contributed by atoms with Crippen molar-refractivity contribution in [1.29, 1.82) is 0 Å². The molecule has 1 aliphatic carbocycles. The van der Waals surface area contributed by atoms with Gasteiger partial charge in [0.05, 0.1) is 0 Å². The highest BCUT2D eigenvalue weighted by Gasteiger charge is 2.26. The molecule has 0 bridgehead atoms. The fourth-order valence-corrected chi connectivity index (χ4v) is 3.38. The van der Waals surface area contributed by atoms with Crippen LogP contribution in [0.25, 0.3) is 0 Å². The van der Waals surface area contributed by atoms with E-state index in [0.717, 1.165) is 17.9 Å². The SMILES string of the molecule is CCCCCCCCC1CC(C)CCC1NC. The maximum atomic E-state index is 3.54. The third-order valence-electron chi connectivity index (χ3n) is 4.54. The van der Waals surface area contributed by atoms with Crippen LogP contribution in [-0.4, -0.2) is 13.1 Å². The lowest BCUT2D eigenvalue weighted by Crippen LogP contribution is -2.38. The van der Waals surface area contributed by atoms with Gasteiger partial charge in [0.2, 0.25) is 0 Å². The van der Waals surface area contributed by atoms with Crippen LogP contribution in [0, 0.1) is 11.8 Å². The third kappa shape index (κ3) is 5.90. The van der Waals surface area contributed by atoms with Gasteiger partial charge in [0.25, 0.3) is 0 Å². The van der Waals surface area contributed by atoms with E-state index in [-0.39, 0.29) is 0 Å². The van der Waals surface area contributed by atoms with E-state index in [1.165, 1.54) is 64.2 Å². The van der Waals surface area contributed by atoms with Gasteiger partial charge >= 0.3 is 0 Å². The Morgan fingerprint density at radius 2 is 1.71 bits per heavy atom. The van der Waals surface area contributed by atoms with E-state index in [1.54, 1.807) is 0 Å². The molecule has 0 heterocycles. The summed E-state index contributed by atoms with van der Waals surface area (Å²) in [6.07, 6.45) is 14.4. The molecule has 0 aromatic carbocycles. The van der Waals surface area contributed by atoms with Crippen LogP contribution in [0.5, 0.6) is 0 Å². The molecule has 1 saturated carbocycles. The van der Waals surface area contributed by atoms with Crippen molar-refractivity contribution >= 4 is 0 Å². The van der Waals surface area contributed by atoms with Crippen molar-refractivity contribution in [2.45, 2.75) is 84.1 Å². The van der Waals surface area contributed by atoms with Crippen molar-refractivity contribution in [1.82, 2.24) is 5.32 Å². The normalized spacial score (nSPS) is 29.5. The first-order valence-electron chi connectivity index (χ1n) is 7.95. The zero-order chi connectivity index (χ0) is 12.5. The van der Waals surface area contributed by atoms with E-state index in [9.17, 15) is 0 Å². The summed E-state index contributed by atoms with van der Waals surface area (Å²) in [6, 6.07) is 0.807. The van der Waals surface area contributed by atoms with Gasteiger partial charge in [0.15, 0.2) is 0 Å². The summed E-state index contributed by atoms with van der Waals surface area (Å²) in [5.41, 5.74) is 0. The highest BCUT2D eigenvalue weighted by molar-refractivity contribution is 4.82. The quantitative estimate of drug-likeness (QED) is 0.602. The lowest BCUT2D eigenvalue weighted by atomic mass is 9.76. The zero-order valence-electron chi connectivity index (χ0n) is 12.3. The first kappa shape index (κ1) is 15.0. The zero-order valence-corrected chi connectivity index (χ0v) is 12.3. The highest BCUT2D eigenvalue weighted by atomic mass is 14.9. The Bertz CT molecular complexity index is 178. The molecule has 3 atom stereocenters. The van der Waals surface area contributed by atoms with Crippen LogP contribution >= 0.6 is 0 Å². The summed E-state index contributed by atoms with van der Waals surface area (Å²) in [4.78, 5) is 0. The van der Waals surface area contributed by atoms with Gasteiger partial charge in [-0.25, -0.2) is 0 Å². The van der Waals surface area contributed by atoms with Gasteiger partial charge in [0.1, 0.15) is 0 Å². The average Bonchev–Trinajstić information content (AvgIpc) is 2.34. The minimum absolute atomic E-state index is 0.807. The first-order chi connectivity index (χ1) is 8.27. The number of rotatable bonds is 8. The van der Waals surface area contributed by atoms with E-state index < -0.39 is 0 Å². The number of hydrogen-bond donors (Lipinski definition) is 1. The Balaban J connectivity index is 2.10. The Kier molecular flexibility index (Phi) is 7.92. The van der Waals surface area contributed by atoms with Crippen molar-refractivity contribution in [3.63, 3.8) is 0 Å². The molecule has 1 aliphatic rings. The third-order valence-corrected chi connectivity index (χ3v) is 4.54. The molecular weight excluding hydrogens is 206 g/mol. The van der Waals surface area contributed by atoms with Crippen molar-refractivity contribution in [2.24, 2.45) is 11.8 Å². The molecule has 0 saturated heterocycles. The molecule has 0 aliphatic heterocycles. The van der Waals surface area contributed by atoms with Crippen LogP contribution in [0.2, 0.25) is 0 Å². The molecule has 0 spiro atoms. The molecule has 0 amide bonds. The van der Waals surface area contributed by atoms with Gasteiger partial charge in [-0.3, -0.25) is 0 Å². The topological polar surface area (TPSA) is 12.0 Å². The maximum Gasteiger partial charge on any atom is 0.00925 e. The van der Waals surface area contributed by atoms with Crippen LogP contribution in [0.4, 0.5) is 0 Å². The van der Waals surface area contributed by atoms with E-state index in [4.69, 9.17) is 0 Å².